The van der Waals surface area contributed by atoms with Crippen molar-refractivity contribution in [2.75, 3.05) is 5.73 Å². The van der Waals surface area contributed by atoms with E-state index in [1.807, 2.05) is 35.7 Å². The van der Waals surface area contributed by atoms with Gasteiger partial charge in [-0.1, -0.05) is 6.07 Å². The maximum absolute atomic E-state index is 12.2. The number of nitrogens with zero attached hydrogens (tertiary/aromatic N) is 3. The van der Waals surface area contributed by atoms with Crippen LogP contribution in [0.5, 0.6) is 0 Å². The minimum absolute atomic E-state index is 0.171. The second kappa shape index (κ2) is 5.24. The van der Waals surface area contributed by atoms with Crippen LogP contribution in [0.4, 0.5) is 5.69 Å². The van der Waals surface area contributed by atoms with E-state index in [0.29, 0.717) is 17.1 Å². The van der Waals surface area contributed by atoms with E-state index < -0.39 is 0 Å². The number of nitrogens with two attached hydrogens (primary N) is 1. The van der Waals surface area contributed by atoms with E-state index in [9.17, 15) is 4.79 Å². The van der Waals surface area contributed by atoms with Gasteiger partial charge in [-0.3, -0.25) is 9.20 Å². The zero-order chi connectivity index (χ0) is 14.8. The van der Waals surface area contributed by atoms with E-state index in [4.69, 9.17) is 5.73 Å². The monoisotopic (exact) mass is 281 g/mol. The molecule has 1 unspecified atom stereocenters. The fourth-order valence-electron chi connectivity index (χ4n) is 2.13. The number of hydrogen-bond donors (Lipinski definition) is 2. The fourth-order valence-corrected chi connectivity index (χ4v) is 2.13. The van der Waals surface area contributed by atoms with Crippen LogP contribution in [0.3, 0.4) is 0 Å². The molecule has 0 saturated carbocycles. The average molecular weight is 281 g/mol. The largest absolute Gasteiger partial charge is 0.399 e. The lowest BCUT2D eigenvalue weighted by molar-refractivity contribution is 0.0938. The number of pyridine rings is 1. The lowest BCUT2D eigenvalue weighted by Gasteiger charge is -2.12. The molecule has 0 aliphatic rings. The Bertz CT molecular complexity index is 778. The van der Waals surface area contributed by atoms with Gasteiger partial charge in [0.2, 0.25) is 0 Å². The van der Waals surface area contributed by atoms with Gasteiger partial charge in [-0.2, -0.15) is 0 Å². The van der Waals surface area contributed by atoms with Crippen LogP contribution < -0.4 is 11.1 Å². The summed E-state index contributed by atoms with van der Waals surface area (Å²) in [6.07, 6.45) is 1.87. The van der Waals surface area contributed by atoms with Gasteiger partial charge in [-0.25, -0.2) is 0 Å². The predicted octanol–water partition coefficient (Wildman–Crippen LogP) is 1.80. The first-order valence-corrected chi connectivity index (χ1v) is 6.61. The highest BCUT2D eigenvalue weighted by molar-refractivity contribution is 5.94. The lowest BCUT2D eigenvalue weighted by atomic mass is 10.2. The molecule has 21 heavy (non-hydrogen) atoms. The molecule has 0 saturated heterocycles. The number of hydrogen-bond acceptors (Lipinski definition) is 4. The van der Waals surface area contributed by atoms with Gasteiger partial charge < -0.3 is 11.1 Å². The van der Waals surface area contributed by atoms with Crippen LogP contribution in [0.15, 0.2) is 48.7 Å². The second-order valence-corrected chi connectivity index (χ2v) is 4.80. The van der Waals surface area contributed by atoms with Crippen LogP contribution >= 0.6 is 0 Å². The van der Waals surface area contributed by atoms with E-state index >= 15 is 0 Å². The summed E-state index contributed by atoms with van der Waals surface area (Å²) in [5.41, 5.74) is 7.55. The Morgan fingerprint density at radius 3 is 2.71 bits per heavy atom. The van der Waals surface area contributed by atoms with Crippen LogP contribution in [-0.4, -0.2) is 20.5 Å². The fraction of sp³-hybridized carbons (Fsp3) is 0.133. The molecule has 3 aromatic rings. The maximum Gasteiger partial charge on any atom is 0.251 e. The van der Waals surface area contributed by atoms with Crippen molar-refractivity contribution < 1.29 is 4.79 Å². The number of benzene rings is 1. The van der Waals surface area contributed by atoms with Gasteiger partial charge in [0.1, 0.15) is 0 Å². The van der Waals surface area contributed by atoms with Crippen molar-refractivity contribution in [3.8, 4) is 0 Å². The summed E-state index contributed by atoms with van der Waals surface area (Å²) >= 11 is 0. The molecule has 6 nitrogen and oxygen atoms in total. The first kappa shape index (κ1) is 13.1. The number of rotatable bonds is 3. The molecule has 1 aromatic carbocycles. The van der Waals surface area contributed by atoms with Crippen LogP contribution in [0.25, 0.3) is 5.65 Å². The van der Waals surface area contributed by atoms with Crippen LogP contribution in [0.1, 0.15) is 29.1 Å². The molecule has 2 aromatic heterocycles. The Labute approximate surface area is 121 Å². The second-order valence-electron chi connectivity index (χ2n) is 4.80. The van der Waals surface area contributed by atoms with E-state index in [-0.39, 0.29) is 11.9 Å². The summed E-state index contributed by atoms with van der Waals surface area (Å²) in [6, 6.07) is 12.2. The van der Waals surface area contributed by atoms with E-state index in [1.54, 1.807) is 24.3 Å². The normalized spacial score (nSPS) is 12.2. The standard InChI is InChI=1S/C15H15N5O/c1-10(14-19-18-13-4-2-3-9-20(13)14)17-15(21)11-5-7-12(16)8-6-11/h2-10H,16H2,1H3,(H,17,21). The number of nitrogens with one attached hydrogen (secondary N) is 1. The molecule has 0 aliphatic heterocycles. The highest BCUT2D eigenvalue weighted by Crippen LogP contribution is 2.13. The van der Waals surface area contributed by atoms with Crippen LogP contribution in [-0.2, 0) is 0 Å². The molecule has 6 heteroatoms. The van der Waals surface area contributed by atoms with Gasteiger partial charge in [0.25, 0.3) is 5.91 Å². The molecular weight excluding hydrogens is 266 g/mol. The van der Waals surface area contributed by atoms with Gasteiger partial charge in [0, 0.05) is 17.4 Å². The first-order valence-electron chi connectivity index (χ1n) is 6.61. The number of nitrogen functional groups attached to an aromatic ring is 1. The summed E-state index contributed by atoms with van der Waals surface area (Å²) in [5.74, 6) is 0.518. The molecule has 0 aliphatic carbocycles. The van der Waals surface area contributed by atoms with Crippen LogP contribution in [0, 0.1) is 0 Å². The van der Waals surface area contributed by atoms with Gasteiger partial charge >= 0.3 is 0 Å². The Morgan fingerprint density at radius 2 is 1.95 bits per heavy atom. The Hall–Kier alpha value is -2.89. The average Bonchev–Trinajstić information content (AvgIpc) is 2.92. The molecular formula is C15H15N5O. The Morgan fingerprint density at radius 1 is 1.19 bits per heavy atom. The molecule has 0 bridgehead atoms. The van der Waals surface area contributed by atoms with Crippen LogP contribution in [0.2, 0.25) is 0 Å². The van der Waals surface area contributed by atoms with E-state index in [0.717, 1.165) is 5.65 Å². The molecule has 0 spiro atoms. The topological polar surface area (TPSA) is 85.3 Å². The number of aromatic nitrogens is 3. The minimum Gasteiger partial charge on any atom is -0.399 e. The first-order chi connectivity index (χ1) is 10.1. The lowest BCUT2D eigenvalue weighted by Crippen LogP contribution is -2.28. The van der Waals surface area contributed by atoms with Crippen molar-refractivity contribution in [1.82, 2.24) is 19.9 Å². The third-order valence-electron chi connectivity index (χ3n) is 3.25. The molecule has 3 rings (SSSR count). The summed E-state index contributed by atoms with van der Waals surface area (Å²) in [5, 5.41) is 11.1. The van der Waals surface area contributed by atoms with Gasteiger partial charge in [0.05, 0.1) is 6.04 Å². The van der Waals surface area contributed by atoms with Crippen molar-refractivity contribution >= 4 is 17.2 Å². The summed E-state index contributed by atoms with van der Waals surface area (Å²) in [6.45, 7) is 1.87. The molecule has 2 heterocycles. The van der Waals surface area contributed by atoms with Crippen molar-refractivity contribution in [3.63, 3.8) is 0 Å². The number of amides is 1. The number of anilines is 1. The third kappa shape index (κ3) is 2.55. The summed E-state index contributed by atoms with van der Waals surface area (Å²) in [7, 11) is 0. The van der Waals surface area contributed by atoms with Crippen molar-refractivity contribution in [1.29, 1.82) is 0 Å². The number of fused-ring (bicyclic) bond motifs is 1. The smallest absolute Gasteiger partial charge is 0.251 e. The third-order valence-corrected chi connectivity index (χ3v) is 3.25. The minimum atomic E-state index is -0.257. The molecule has 106 valence electrons. The highest BCUT2D eigenvalue weighted by Gasteiger charge is 2.16. The molecule has 1 amide bonds. The number of carbonyl (C=O) groups is 1. The van der Waals surface area contributed by atoms with Crippen molar-refractivity contribution in [3.05, 3.63) is 60.0 Å². The SMILES string of the molecule is CC(NC(=O)c1ccc(N)cc1)c1nnc2ccccn12. The highest BCUT2D eigenvalue weighted by atomic mass is 16.1. The van der Waals surface area contributed by atoms with Gasteiger partial charge in [0.15, 0.2) is 11.5 Å². The maximum atomic E-state index is 12.2. The molecule has 0 fully saturated rings. The van der Waals surface area contributed by atoms with Crippen molar-refractivity contribution in [2.24, 2.45) is 0 Å². The van der Waals surface area contributed by atoms with Crippen molar-refractivity contribution in [2.45, 2.75) is 13.0 Å². The number of carbonyl (C=O) groups excluding carboxylic acids is 1. The quantitative estimate of drug-likeness (QED) is 0.717. The van der Waals surface area contributed by atoms with Gasteiger partial charge in [-0.05, 0) is 43.3 Å². The van der Waals surface area contributed by atoms with E-state index in [2.05, 4.69) is 15.5 Å². The zero-order valence-corrected chi connectivity index (χ0v) is 11.5. The summed E-state index contributed by atoms with van der Waals surface area (Å²) in [4.78, 5) is 12.2. The molecule has 3 N–H and O–H groups in total. The Kier molecular flexibility index (Phi) is 3.27. The predicted molar refractivity (Wildman–Crippen MR) is 79.7 cm³/mol. The van der Waals surface area contributed by atoms with E-state index in [1.165, 1.54) is 0 Å². The molecule has 0 radical (unpaired) electrons. The Balaban J connectivity index is 1.81. The summed E-state index contributed by atoms with van der Waals surface area (Å²) < 4.78 is 1.86. The zero-order valence-electron chi connectivity index (χ0n) is 11.5. The van der Waals surface area contributed by atoms with Gasteiger partial charge in [-0.15, -0.1) is 10.2 Å². The molecule has 1 atom stereocenters.